The Morgan fingerprint density at radius 3 is 2.71 bits per heavy atom. The van der Waals surface area contributed by atoms with Crippen molar-refractivity contribution in [1.29, 1.82) is 0 Å². The number of halogens is 1. The minimum absolute atomic E-state index is 0.0484. The average Bonchev–Trinajstić information content (AvgIpc) is 2.49. The highest BCUT2D eigenvalue weighted by Crippen LogP contribution is 2.15. The number of nitrogens with one attached hydrogen (secondary N) is 1. The molecule has 0 heterocycles. The molecular formula is C16H15FN2O2. The van der Waals surface area contributed by atoms with Crippen LogP contribution in [0, 0.1) is 5.82 Å². The summed E-state index contributed by atoms with van der Waals surface area (Å²) in [6.45, 7) is 2.42. The summed E-state index contributed by atoms with van der Waals surface area (Å²) in [6, 6.07) is 13.0. The van der Waals surface area contributed by atoms with E-state index in [4.69, 9.17) is 4.74 Å². The van der Waals surface area contributed by atoms with Gasteiger partial charge in [-0.3, -0.25) is 4.79 Å². The smallest absolute Gasteiger partial charge is 0.274 e. The van der Waals surface area contributed by atoms with Crippen LogP contribution in [0.25, 0.3) is 0 Å². The van der Waals surface area contributed by atoms with Crippen LogP contribution in [0.2, 0.25) is 0 Å². The molecule has 108 valence electrons. The third-order valence-electron chi connectivity index (χ3n) is 2.71. The van der Waals surface area contributed by atoms with Crippen LogP contribution >= 0.6 is 0 Å². The third kappa shape index (κ3) is 3.89. The van der Waals surface area contributed by atoms with Gasteiger partial charge in [-0.15, -0.1) is 0 Å². The number of rotatable bonds is 5. The molecule has 1 amide bonds. The normalized spacial score (nSPS) is 10.6. The fourth-order valence-corrected chi connectivity index (χ4v) is 1.74. The van der Waals surface area contributed by atoms with Crippen LogP contribution in [0.1, 0.15) is 22.8 Å². The van der Waals surface area contributed by atoms with Crippen molar-refractivity contribution in [2.45, 2.75) is 6.92 Å². The van der Waals surface area contributed by atoms with Gasteiger partial charge in [0.05, 0.1) is 18.4 Å². The number of carbonyl (C=O) groups is 1. The highest BCUT2D eigenvalue weighted by Gasteiger charge is 2.09. The number of hydrogen-bond donors (Lipinski definition) is 1. The minimum Gasteiger partial charge on any atom is -0.493 e. The van der Waals surface area contributed by atoms with E-state index in [9.17, 15) is 9.18 Å². The molecule has 1 N–H and O–H groups in total. The lowest BCUT2D eigenvalue weighted by molar-refractivity contribution is 0.0951. The number of hydrazone groups is 1. The zero-order valence-corrected chi connectivity index (χ0v) is 11.5. The van der Waals surface area contributed by atoms with Crippen LogP contribution in [0.5, 0.6) is 5.75 Å². The van der Waals surface area contributed by atoms with Crippen LogP contribution < -0.4 is 10.2 Å². The van der Waals surface area contributed by atoms with Crippen molar-refractivity contribution in [2.24, 2.45) is 5.10 Å². The third-order valence-corrected chi connectivity index (χ3v) is 2.71. The number of ether oxygens (including phenoxy) is 1. The fourth-order valence-electron chi connectivity index (χ4n) is 1.74. The second-order valence-electron chi connectivity index (χ2n) is 4.15. The van der Waals surface area contributed by atoms with Crippen LogP contribution in [0.15, 0.2) is 53.6 Å². The van der Waals surface area contributed by atoms with Crippen molar-refractivity contribution < 1.29 is 13.9 Å². The molecule has 5 heteroatoms. The van der Waals surface area contributed by atoms with Gasteiger partial charge in [0.1, 0.15) is 11.6 Å². The summed E-state index contributed by atoms with van der Waals surface area (Å²) in [5.74, 6) is -0.512. The maximum Gasteiger partial charge on any atom is 0.274 e. The molecule has 0 unspecified atom stereocenters. The van der Waals surface area contributed by atoms with E-state index in [-0.39, 0.29) is 5.56 Å². The molecular weight excluding hydrogens is 271 g/mol. The molecule has 0 spiro atoms. The summed E-state index contributed by atoms with van der Waals surface area (Å²) in [5, 5.41) is 3.83. The highest BCUT2D eigenvalue weighted by molar-refractivity contribution is 5.95. The second kappa shape index (κ2) is 7.19. The summed E-state index contributed by atoms with van der Waals surface area (Å²) in [5.41, 5.74) is 2.97. The SMILES string of the molecule is CCOc1ccccc1/C=N\NC(=O)c1ccccc1F. The molecule has 0 radical (unpaired) electrons. The fraction of sp³-hybridized carbons (Fsp3) is 0.125. The zero-order valence-electron chi connectivity index (χ0n) is 11.5. The van der Waals surface area contributed by atoms with Crippen molar-refractivity contribution in [3.8, 4) is 5.75 Å². The summed E-state index contributed by atoms with van der Waals surface area (Å²) in [7, 11) is 0. The number of nitrogens with zero attached hydrogens (tertiary/aromatic N) is 1. The largest absolute Gasteiger partial charge is 0.493 e. The van der Waals surface area contributed by atoms with Gasteiger partial charge in [0.2, 0.25) is 0 Å². The predicted molar refractivity (Wildman–Crippen MR) is 79.1 cm³/mol. The van der Waals surface area contributed by atoms with E-state index in [1.807, 2.05) is 31.2 Å². The van der Waals surface area contributed by atoms with Gasteiger partial charge >= 0.3 is 0 Å². The maximum absolute atomic E-state index is 13.4. The quantitative estimate of drug-likeness (QED) is 0.678. The van der Waals surface area contributed by atoms with E-state index in [0.29, 0.717) is 12.4 Å². The van der Waals surface area contributed by atoms with Crippen molar-refractivity contribution in [3.05, 3.63) is 65.5 Å². The van der Waals surface area contributed by atoms with E-state index in [2.05, 4.69) is 10.5 Å². The molecule has 0 saturated heterocycles. The first-order valence-electron chi connectivity index (χ1n) is 6.52. The Balaban J connectivity index is 2.06. The Kier molecular flexibility index (Phi) is 5.04. The summed E-state index contributed by atoms with van der Waals surface area (Å²) in [6.07, 6.45) is 1.46. The Morgan fingerprint density at radius 1 is 1.24 bits per heavy atom. The van der Waals surface area contributed by atoms with Crippen LogP contribution in [0.4, 0.5) is 4.39 Å². The van der Waals surface area contributed by atoms with E-state index in [1.54, 1.807) is 6.07 Å². The molecule has 4 nitrogen and oxygen atoms in total. The molecule has 0 saturated carbocycles. The first-order chi connectivity index (χ1) is 10.2. The molecule has 2 rings (SSSR count). The van der Waals surface area contributed by atoms with Gasteiger partial charge in [-0.2, -0.15) is 5.10 Å². The van der Waals surface area contributed by atoms with Crippen LogP contribution in [-0.2, 0) is 0 Å². The molecule has 0 aliphatic rings. The molecule has 0 aromatic heterocycles. The van der Waals surface area contributed by atoms with Gasteiger partial charge in [0, 0.05) is 5.56 Å². The lowest BCUT2D eigenvalue weighted by atomic mass is 10.2. The van der Waals surface area contributed by atoms with Crippen molar-refractivity contribution in [1.82, 2.24) is 5.43 Å². The van der Waals surface area contributed by atoms with Crippen LogP contribution in [0.3, 0.4) is 0 Å². The number of carbonyl (C=O) groups excluding carboxylic acids is 1. The molecule has 0 bridgehead atoms. The molecule has 0 fully saturated rings. The van der Waals surface area contributed by atoms with Crippen molar-refractivity contribution in [2.75, 3.05) is 6.61 Å². The van der Waals surface area contributed by atoms with Gasteiger partial charge in [0.25, 0.3) is 5.91 Å². The topological polar surface area (TPSA) is 50.7 Å². The van der Waals surface area contributed by atoms with Crippen molar-refractivity contribution >= 4 is 12.1 Å². The second-order valence-corrected chi connectivity index (χ2v) is 4.15. The van der Waals surface area contributed by atoms with Gasteiger partial charge in [0.15, 0.2) is 0 Å². The van der Waals surface area contributed by atoms with Gasteiger partial charge < -0.3 is 4.74 Å². The lowest BCUT2D eigenvalue weighted by Crippen LogP contribution is -2.19. The van der Waals surface area contributed by atoms with Gasteiger partial charge in [-0.1, -0.05) is 24.3 Å². The minimum atomic E-state index is -0.599. The van der Waals surface area contributed by atoms with E-state index in [0.717, 1.165) is 5.56 Å². The van der Waals surface area contributed by atoms with Gasteiger partial charge in [-0.25, -0.2) is 9.82 Å². The molecule has 0 atom stereocenters. The highest BCUT2D eigenvalue weighted by atomic mass is 19.1. The van der Waals surface area contributed by atoms with E-state index in [1.165, 1.54) is 24.4 Å². The summed E-state index contributed by atoms with van der Waals surface area (Å²) >= 11 is 0. The number of hydrogen-bond acceptors (Lipinski definition) is 3. The summed E-state index contributed by atoms with van der Waals surface area (Å²) < 4.78 is 18.9. The summed E-state index contributed by atoms with van der Waals surface area (Å²) in [4.78, 5) is 11.8. The lowest BCUT2D eigenvalue weighted by Gasteiger charge is -2.06. The first kappa shape index (κ1) is 14.7. The maximum atomic E-state index is 13.4. The first-order valence-corrected chi connectivity index (χ1v) is 6.52. The monoisotopic (exact) mass is 286 g/mol. The molecule has 2 aromatic carbocycles. The molecule has 0 aliphatic carbocycles. The number of benzene rings is 2. The van der Waals surface area contributed by atoms with E-state index < -0.39 is 11.7 Å². The van der Waals surface area contributed by atoms with Crippen molar-refractivity contribution in [3.63, 3.8) is 0 Å². The predicted octanol–water partition coefficient (Wildman–Crippen LogP) is 2.99. The Morgan fingerprint density at radius 2 is 1.95 bits per heavy atom. The Hall–Kier alpha value is -2.69. The van der Waals surface area contributed by atoms with E-state index >= 15 is 0 Å². The Labute approximate surface area is 122 Å². The molecule has 21 heavy (non-hydrogen) atoms. The molecule has 0 aliphatic heterocycles. The number of amides is 1. The zero-order chi connectivity index (χ0) is 15.1. The van der Waals surface area contributed by atoms with Gasteiger partial charge in [-0.05, 0) is 31.2 Å². The molecule has 2 aromatic rings. The Bertz CT molecular complexity index is 656. The van der Waals surface area contributed by atoms with Crippen LogP contribution in [-0.4, -0.2) is 18.7 Å². The number of para-hydroxylation sites is 1. The average molecular weight is 286 g/mol. The standard InChI is InChI=1S/C16H15FN2O2/c1-2-21-15-10-6-3-7-12(15)11-18-19-16(20)13-8-4-5-9-14(13)17/h3-11H,2H2,1H3,(H,19,20)/b18-11-.